The van der Waals surface area contributed by atoms with Crippen molar-refractivity contribution in [3.8, 4) is 0 Å². The minimum Gasteiger partial charge on any atom is -0.336 e. The van der Waals surface area contributed by atoms with E-state index in [1.807, 2.05) is 0 Å². The van der Waals surface area contributed by atoms with Crippen LogP contribution in [0.4, 0.5) is 21.0 Å². The summed E-state index contributed by atoms with van der Waals surface area (Å²) in [7, 11) is 3.20. The van der Waals surface area contributed by atoms with Crippen LogP contribution in [0.1, 0.15) is 0 Å². The van der Waals surface area contributed by atoms with Crippen molar-refractivity contribution in [3.05, 3.63) is 33.3 Å². The molecule has 0 aliphatic rings. The van der Waals surface area contributed by atoms with Crippen molar-refractivity contribution >= 4 is 35.0 Å². The lowest BCUT2D eigenvalue weighted by atomic mass is 10.3. The van der Waals surface area contributed by atoms with E-state index in [1.165, 1.54) is 17.0 Å². The van der Waals surface area contributed by atoms with Crippen LogP contribution >= 0.6 is 11.6 Å². The van der Waals surface area contributed by atoms with Crippen LogP contribution in [0.25, 0.3) is 0 Å². The lowest BCUT2D eigenvalue weighted by molar-refractivity contribution is -0.384. The molecule has 3 N–H and O–H groups in total. The quantitative estimate of drug-likeness (QED) is 0.432. The Labute approximate surface area is 131 Å². The third-order valence-corrected chi connectivity index (χ3v) is 2.81. The molecular formula is C12H16ClN5O4. The number of nitrogens with zero attached hydrogens (tertiary/aromatic N) is 2. The first-order chi connectivity index (χ1) is 10.3. The Morgan fingerprint density at radius 1 is 1.27 bits per heavy atom. The van der Waals surface area contributed by atoms with Gasteiger partial charge in [-0.15, -0.1) is 0 Å². The van der Waals surface area contributed by atoms with Gasteiger partial charge in [-0.05, 0) is 12.1 Å². The second-order valence-corrected chi connectivity index (χ2v) is 4.84. The van der Waals surface area contributed by atoms with E-state index in [0.29, 0.717) is 0 Å². The highest BCUT2D eigenvalue weighted by molar-refractivity contribution is 6.32. The van der Waals surface area contributed by atoms with Crippen LogP contribution in [0, 0.1) is 10.1 Å². The molecule has 22 heavy (non-hydrogen) atoms. The highest BCUT2D eigenvalue weighted by Gasteiger charge is 2.13. The molecule has 10 heteroatoms. The molecule has 0 spiro atoms. The van der Waals surface area contributed by atoms with Gasteiger partial charge in [-0.2, -0.15) is 0 Å². The first-order valence-electron chi connectivity index (χ1n) is 6.25. The van der Waals surface area contributed by atoms with Gasteiger partial charge in [-0.3, -0.25) is 10.1 Å². The minimum atomic E-state index is -0.637. The molecule has 0 saturated carbocycles. The van der Waals surface area contributed by atoms with Gasteiger partial charge in [0, 0.05) is 38.9 Å². The zero-order valence-electron chi connectivity index (χ0n) is 12.1. The minimum absolute atomic E-state index is 0.0117. The number of carbonyl (C=O) groups excluding carboxylic acids is 2. The van der Waals surface area contributed by atoms with Gasteiger partial charge in [0.25, 0.3) is 5.69 Å². The maximum absolute atomic E-state index is 11.6. The Kier molecular flexibility index (Phi) is 6.39. The van der Waals surface area contributed by atoms with Gasteiger partial charge in [-0.25, -0.2) is 9.59 Å². The molecule has 0 aliphatic carbocycles. The molecule has 120 valence electrons. The fourth-order valence-corrected chi connectivity index (χ4v) is 1.60. The van der Waals surface area contributed by atoms with Gasteiger partial charge >= 0.3 is 12.1 Å². The van der Waals surface area contributed by atoms with E-state index in [0.717, 1.165) is 6.07 Å². The Morgan fingerprint density at radius 3 is 2.50 bits per heavy atom. The summed E-state index contributed by atoms with van der Waals surface area (Å²) < 4.78 is 0. The van der Waals surface area contributed by atoms with Gasteiger partial charge < -0.3 is 20.9 Å². The summed E-state index contributed by atoms with van der Waals surface area (Å²) in [6.45, 7) is 0.465. The number of amides is 4. The van der Waals surface area contributed by atoms with Crippen molar-refractivity contribution < 1.29 is 14.5 Å². The Morgan fingerprint density at radius 2 is 1.91 bits per heavy atom. The Bertz CT molecular complexity index is 579. The molecule has 0 unspecified atom stereocenters. The standard InChI is InChI=1S/C12H16ClN5O4/c1-17(2)12(20)15-6-5-14-11(19)16-8-3-4-9(13)10(7-8)18(21)22/h3-4,7H,5-6H2,1-2H3,(H,15,20)(H2,14,16,19). The topological polar surface area (TPSA) is 117 Å². The van der Waals surface area contributed by atoms with Crippen molar-refractivity contribution in [1.29, 1.82) is 0 Å². The number of nitro groups is 1. The molecule has 4 amide bonds. The van der Waals surface area contributed by atoms with Crippen LogP contribution in [0.5, 0.6) is 0 Å². The van der Waals surface area contributed by atoms with Crippen LogP contribution in [0.15, 0.2) is 18.2 Å². The zero-order chi connectivity index (χ0) is 16.7. The number of rotatable bonds is 5. The highest BCUT2D eigenvalue weighted by atomic mass is 35.5. The number of nitrogens with one attached hydrogen (secondary N) is 3. The van der Waals surface area contributed by atoms with E-state index < -0.39 is 11.0 Å². The number of benzene rings is 1. The number of urea groups is 2. The van der Waals surface area contributed by atoms with Crippen LogP contribution in [0.3, 0.4) is 0 Å². The van der Waals surface area contributed by atoms with E-state index in [4.69, 9.17) is 11.6 Å². The second-order valence-electron chi connectivity index (χ2n) is 4.43. The van der Waals surface area contributed by atoms with E-state index in [9.17, 15) is 19.7 Å². The van der Waals surface area contributed by atoms with Crippen LogP contribution in [-0.4, -0.2) is 49.1 Å². The molecule has 0 aromatic heterocycles. The molecule has 1 aromatic rings. The number of anilines is 1. The molecule has 1 aromatic carbocycles. The summed E-state index contributed by atoms with van der Waals surface area (Å²) in [5, 5.41) is 18.2. The molecule has 0 aliphatic heterocycles. The molecule has 0 atom stereocenters. The summed E-state index contributed by atoms with van der Waals surface area (Å²) in [6.07, 6.45) is 0. The van der Waals surface area contributed by atoms with Gasteiger partial charge in [0.15, 0.2) is 0 Å². The summed E-state index contributed by atoms with van der Waals surface area (Å²) in [4.78, 5) is 34.3. The fourth-order valence-electron chi connectivity index (χ4n) is 1.41. The van der Waals surface area contributed by atoms with Crippen LogP contribution in [0.2, 0.25) is 5.02 Å². The van der Waals surface area contributed by atoms with E-state index in [2.05, 4.69) is 16.0 Å². The van der Waals surface area contributed by atoms with Gasteiger partial charge in [0.2, 0.25) is 0 Å². The largest absolute Gasteiger partial charge is 0.336 e. The van der Waals surface area contributed by atoms with Gasteiger partial charge in [0.05, 0.1) is 4.92 Å². The van der Waals surface area contributed by atoms with E-state index >= 15 is 0 Å². The molecule has 0 heterocycles. The average Bonchev–Trinajstić information content (AvgIpc) is 2.45. The summed E-state index contributed by atoms with van der Waals surface area (Å²) in [6, 6.07) is 3.12. The summed E-state index contributed by atoms with van der Waals surface area (Å²) in [5.41, 5.74) is -0.0522. The predicted octanol–water partition coefficient (Wildman–Crippen LogP) is 1.64. The van der Waals surface area contributed by atoms with Gasteiger partial charge in [-0.1, -0.05) is 11.6 Å². The third-order valence-electron chi connectivity index (χ3n) is 2.49. The Balaban J connectivity index is 2.44. The molecule has 0 saturated heterocycles. The van der Waals surface area contributed by atoms with E-state index in [1.54, 1.807) is 14.1 Å². The number of carbonyl (C=O) groups is 2. The predicted molar refractivity (Wildman–Crippen MR) is 82.2 cm³/mol. The number of hydrogen-bond donors (Lipinski definition) is 3. The SMILES string of the molecule is CN(C)C(=O)NCCNC(=O)Nc1ccc(Cl)c([N+](=O)[O-])c1. The normalized spacial score (nSPS) is 9.77. The van der Waals surface area contributed by atoms with Crippen molar-refractivity contribution in [3.63, 3.8) is 0 Å². The van der Waals surface area contributed by atoms with Crippen molar-refractivity contribution in [2.75, 3.05) is 32.5 Å². The molecule has 9 nitrogen and oxygen atoms in total. The molecule has 1 rings (SSSR count). The molecule has 0 bridgehead atoms. The summed E-state index contributed by atoms with van der Waals surface area (Å²) >= 11 is 5.67. The lowest BCUT2D eigenvalue weighted by Gasteiger charge is -2.12. The zero-order valence-corrected chi connectivity index (χ0v) is 12.8. The first kappa shape index (κ1) is 17.5. The monoisotopic (exact) mass is 329 g/mol. The smallest absolute Gasteiger partial charge is 0.319 e. The molecular weight excluding hydrogens is 314 g/mol. The van der Waals surface area contributed by atoms with Crippen LogP contribution < -0.4 is 16.0 Å². The highest BCUT2D eigenvalue weighted by Crippen LogP contribution is 2.27. The number of hydrogen-bond acceptors (Lipinski definition) is 4. The lowest BCUT2D eigenvalue weighted by Crippen LogP contribution is -2.40. The maximum Gasteiger partial charge on any atom is 0.319 e. The van der Waals surface area contributed by atoms with Crippen LogP contribution in [-0.2, 0) is 0 Å². The average molecular weight is 330 g/mol. The number of halogens is 1. The van der Waals surface area contributed by atoms with Crippen molar-refractivity contribution in [2.45, 2.75) is 0 Å². The fraction of sp³-hybridized carbons (Fsp3) is 0.333. The van der Waals surface area contributed by atoms with E-state index in [-0.39, 0.29) is 35.5 Å². The summed E-state index contributed by atoms with van der Waals surface area (Å²) in [5.74, 6) is 0. The molecule has 0 radical (unpaired) electrons. The second kappa shape index (κ2) is 8.03. The Hall–Kier alpha value is -2.55. The third kappa shape index (κ3) is 5.44. The van der Waals surface area contributed by atoms with Gasteiger partial charge in [0.1, 0.15) is 5.02 Å². The number of nitro benzene ring substituents is 1. The van der Waals surface area contributed by atoms with Crippen molar-refractivity contribution in [2.24, 2.45) is 0 Å². The maximum atomic E-state index is 11.6. The molecule has 0 fully saturated rings. The van der Waals surface area contributed by atoms with Crippen molar-refractivity contribution in [1.82, 2.24) is 15.5 Å². The first-order valence-corrected chi connectivity index (χ1v) is 6.63.